The van der Waals surface area contributed by atoms with Gasteiger partial charge in [-0.3, -0.25) is 34.3 Å². The van der Waals surface area contributed by atoms with Crippen molar-refractivity contribution in [2.75, 3.05) is 16.4 Å². The van der Waals surface area contributed by atoms with E-state index < -0.39 is 22.9 Å². The van der Waals surface area contributed by atoms with Gasteiger partial charge in [0.1, 0.15) is 69.2 Å². The van der Waals surface area contributed by atoms with Crippen LogP contribution in [0.3, 0.4) is 0 Å². The number of alkyl carbamates (subject to hydrolysis) is 3. The van der Waals surface area contributed by atoms with Gasteiger partial charge in [0, 0.05) is 120 Å². The van der Waals surface area contributed by atoms with Crippen LogP contribution in [0.1, 0.15) is 157 Å². The maximum atomic E-state index is 12.2. The SMILES string of the molecule is CC(=O)Nc1sc2c(c1-c1nc3cnccc3s1)CCC(N)C2.CC(=O)Nc1sc2c(c1-c1nc3cnccc3s1)CCC(NC(=O)OC(C)(C)C)C2.CC(C)(C)OC(=O)NC1CCC(=O)CC1.CC(C)(C)OC(=O)NC1CCc2c(sc(N)c2-c2nc3cnccc3s2)C1.N#CCc1nc2cnccc2s1. The van der Waals surface area contributed by atoms with E-state index in [0.717, 1.165) is 157 Å². The van der Waals surface area contributed by atoms with Gasteiger partial charge in [-0.1, -0.05) is 0 Å². The number of Topliss-reactive ketones (excluding diaryl/α,β-unsaturated/α-hetero) is 1. The Balaban J connectivity index is 0.000000138. The maximum absolute atomic E-state index is 12.2. The van der Waals surface area contributed by atoms with Gasteiger partial charge in [0.25, 0.3) is 0 Å². The standard InChI is InChI=1S/C21H24N4O3S2.C19H22N4O2S2.C16H16N4OS2.C11H19NO3.C8H5N3S/c1-11(26)23-18-17(19-25-14-10-22-8-7-15(14)29-19)13-6-5-12(9-16(13)30-18)24-20(27)28-21(2,3)4;1-19(2,3)25-18(24)22-10-4-5-11-14(8-10)26-16(20)15(11)17-23-12-9-21-7-6-13(12)27-17;1-8(21)19-15-14(10-3-2-9(17)6-13(10)23-15)16-20-11-7-18-5-4-12(11)22-16;1-11(2,3)15-10(14)12-8-4-6-9(13)7-5-8;9-3-1-8-11-6-5-10-4-2-7(6)12-8/h7-8,10,12H,5-6,9H2,1-4H3,(H,23,26)(H,24,27);6-7,9-10H,4-5,8,20H2,1-3H3,(H,22,24);4-5,7,9H,2-3,6,17H2,1H3,(H,19,21);8H,4-7H2,1-3H3,(H,12,14);2,4-5H,1H2. The zero-order chi connectivity index (χ0) is 76.5. The first-order valence-electron chi connectivity index (χ1n) is 35.1. The molecule has 0 aromatic carbocycles. The number of fused-ring (bicyclic) bond motifs is 7. The molecular formula is C75H86N16O9S7. The van der Waals surface area contributed by atoms with Gasteiger partial charge in [0.2, 0.25) is 11.8 Å². The summed E-state index contributed by atoms with van der Waals surface area (Å²) < 4.78 is 20.3. The van der Waals surface area contributed by atoms with Gasteiger partial charge in [-0.25, -0.2) is 34.3 Å². The Kier molecular flexibility index (Phi) is 25.4. The van der Waals surface area contributed by atoms with Crippen LogP contribution in [0.5, 0.6) is 0 Å². The van der Waals surface area contributed by atoms with Crippen LogP contribution in [0.4, 0.5) is 29.4 Å². The number of rotatable bonds is 9. The van der Waals surface area contributed by atoms with E-state index in [2.05, 4.69) is 57.6 Å². The predicted octanol–water partition coefficient (Wildman–Crippen LogP) is 16.1. The molecule has 5 amide bonds. The third kappa shape index (κ3) is 21.4. The number of nitriles is 1. The highest BCUT2D eigenvalue weighted by Crippen LogP contribution is 2.49. The number of aromatic nitrogens is 8. The summed E-state index contributed by atoms with van der Waals surface area (Å²) in [5, 5.41) is 29.3. The zero-order valence-electron chi connectivity index (χ0n) is 61.3. The van der Waals surface area contributed by atoms with Crippen molar-refractivity contribution in [3.8, 4) is 37.8 Å². The van der Waals surface area contributed by atoms with Crippen LogP contribution in [0, 0.1) is 11.3 Å². The molecule has 3 unspecified atom stereocenters. The molecule has 1 saturated carbocycles. The number of thiophene rings is 3. The summed E-state index contributed by atoms with van der Waals surface area (Å²) in [4.78, 5) is 109. The van der Waals surface area contributed by atoms with E-state index in [-0.39, 0.29) is 54.0 Å². The third-order valence-electron chi connectivity index (χ3n) is 16.8. The minimum absolute atomic E-state index is 0.00333. The summed E-state index contributed by atoms with van der Waals surface area (Å²) in [5.41, 5.74) is 21.4. The molecule has 25 nitrogen and oxygen atoms in total. The Morgan fingerprint density at radius 2 is 0.841 bits per heavy atom. The van der Waals surface area contributed by atoms with Crippen molar-refractivity contribution in [2.45, 2.75) is 207 Å². The van der Waals surface area contributed by atoms with Gasteiger partial charge in [0.15, 0.2) is 0 Å². The van der Waals surface area contributed by atoms with Gasteiger partial charge in [-0.15, -0.1) is 79.4 Å². The second-order valence-electron chi connectivity index (χ2n) is 29.0. The number of ketones is 1. The van der Waals surface area contributed by atoms with E-state index in [1.54, 1.807) is 129 Å². The predicted molar refractivity (Wildman–Crippen MR) is 429 cm³/mol. The summed E-state index contributed by atoms with van der Waals surface area (Å²) in [6.07, 6.45) is 23.5. The molecule has 0 saturated heterocycles. The first kappa shape index (κ1) is 79.0. The van der Waals surface area contributed by atoms with Crippen LogP contribution in [0.15, 0.2) is 73.8 Å². The van der Waals surface area contributed by atoms with Crippen molar-refractivity contribution in [2.24, 2.45) is 5.73 Å². The first-order valence-corrected chi connectivity index (χ1v) is 40.8. The van der Waals surface area contributed by atoms with Crippen LogP contribution in [0.25, 0.3) is 72.6 Å². The Morgan fingerprint density at radius 1 is 0.486 bits per heavy atom. The van der Waals surface area contributed by atoms with E-state index >= 15 is 0 Å². The molecular weight excluding hydrogens is 1490 g/mol. The van der Waals surface area contributed by atoms with Gasteiger partial charge in [-0.2, -0.15) is 5.26 Å². The third-order valence-corrected chi connectivity index (χ3v) is 24.4. The van der Waals surface area contributed by atoms with Crippen molar-refractivity contribution in [3.63, 3.8) is 0 Å². The number of hydrogen-bond acceptors (Lipinski definition) is 27. The molecule has 107 heavy (non-hydrogen) atoms. The number of nitrogens with one attached hydrogen (secondary N) is 5. The summed E-state index contributed by atoms with van der Waals surface area (Å²) in [6, 6.07) is 10.3. The molecule has 11 heterocycles. The molecule has 4 aliphatic carbocycles. The van der Waals surface area contributed by atoms with Gasteiger partial charge >= 0.3 is 18.3 Å². The quantitative estimate of drug-likeness (QED) is 0.0660. The average Bonchev–Trinajstić information content (AvgIpc) is 1.63. The first-order chi connectivity index (χ1) is 50.9. The van der Waals surface area contributed by atoms with Crippen molar-refractivity contribution in [1.82, 2.24) is 55.8 Å². The monoisotopic (exact) mass is 1580 g/mol. The van der Waals surface area contributed by atoms with E-state index in [4.69, 9.17) is 45.9 Å². The second kappa shape index (κ2) is 34.4. The number of amides is 5. The number of carbonyl (C=O) groups is 6. The number of nitrogens with two attached hydrogens (primary N) is 2. The molecule has 0 aliphatic heterocycles. The summed E-state index contributed by atoms with van der Waals surface area (Å²) >= 11 is 11.2. The lowest BCUT2D eigenvalue weighted by Crippen LogP contribution is -2.41. The highest BCUT2D eigenvalue weighted by Gasteiger charge is 2.33. The lowest BCUT2D eigenvalue weighted by Gasteiger charge is -2.26. The van der Waals surface area contributed by atoms with Crippen LogP contribution in [0.2, 0.25) is 0 Å². The van der Waals surface area contributed by atoms with E-state index in [1.807, 2.05) is 86.6 Å². The molecule has 11 aromatic heterocycles. The topological polar surface area (TPSA) is 369 Å². The van der Waals surface area contributed by atoms with Gasteiger partial charge in [-0.05, 0) is 161 Å². The number of ether oxygens (including phenoxy) is 3. The maximum Gasteiger partial charge on any atom is 0.407 e. The van der Waals surface area contributed by atoms with Gasteiger partial charge in [0.05, 0.1) is 66.6 Å². The molecule has 32 heteroatoms. The Hall–Kier alpha value is -9.07. The molecule has 9 N–H and O–H groups in total. The van der Waals surface area contributed by atoms with Crippen molar-refractivity contribution in [3.05, 3.63) is 110 Å². The normalized spacial score (nSPS) is 16.3. The van der Waals surface area contributed by atoms with Gasteiger partial charge < -0.3 is 52.3 Å². The minimum Gasteiger partial charge on any atom is -0.444 e. The lowest BCUT2D eigenvalue weighted by molar-refractivity contribution is -0.120. The molecule has 0 bridgehead atoms. The lowest BCUT2D eigenvalue weighted by atomic mass is 9.92. The minimum atomic E-state index is -0.527. The molecule has 0 radical (unpaired) electrons. The number of nitrogens with zero attached hydrogens (tertiary/aromatic N) is 9. The fourth-order valence-electron chi connectivity index (χ4n) is 12.4. The van der Waals surface area contributed by atoms with Crippen molar-refractivity contribution >= 4 is 171 Å². The summed E-state index contributed by atoms with van der Waals surface area (Å²) in [6.45, 7) is 19.7. The fraction of sp³-hybridized carbons (Fsp3) is 0.427. The molecule has 0 spiro atoms. The van der Waals surface area contributed by atoms with Crippen molar-refractivity contribution < 1.29 is 43.0 Å². The molecule has 1 fully saturated rings. The van der Waals surface area contributed by atoms with E-state index in [0.29, 0.717) is 25.7 Å². The fourth-order valence-corrected chi connectivity index (χ4v) is 20.4. The number of pyridine rings is 4. The van der Waals surface area contributed by atoms with Crippen molar-refractivity contribution in [1.29, 1.82) is 5.26 Å². The summed E-state index contributed by atoms with van der Waals surface area (Å²) in [5.74, 6) is 0.121. The number of nitrogen functional groups attached to an aromatic ring is 1. The summed E-state index contributed by atoms with van der Waals surface area (Å²) in [7, 11) is 0. The molecule has 3 atom stereocenters. The molecule has 4 aliphatic rings. The van der Waals surface area contributed by atoms with Crippen LogP contribution >= 0.6 is 79.4 Å². The number of thiazole rings is 4. The van der Waals surface area contributed by atoms with E-state index in [1.165, 1.54) is 45.2 Å². The molecule has 15 rings (SSSR count). The molecule has 562 valence electrons. The Bertz CT molecular complexity index is 4960. The zero-order valence-corrected chi connectivity index (χ0v) is 67.1. The highest BCUT2D eigenvalue weighted by atomic mass is 32.1. The number of anilines is 3. The van der Waals surface area contributed by atoms with Crippen LogP contribution in [-0.2, 0) is 73.5 Å². The molecule has 11 aromatic rings. The number of carbonyl (C=O) groups excluding carboxylic acids is 6. The van der Waals surface area contributed by atoms with E-state index in [9.17, 15) is 28.8 Å². The largest absolute Gasteiger partial charge is 0.444 e. The van der Waals surface area contributed by atoms with Crippen LogP contribution in [-0.4, -0.2) is 117 Å². The highest BCUT2D eigenvalue weighted by molar-refractivity contribution is 7.24. The Labute approximate surface area is 647 Å². The average molecular weight is 1580 g/mol. The second-order valence-corrected chi connectivity index (χ2v) is 36.6. The smallest absolute Gasteiger partial charge is 0.407 e. The Morgan fingerprint density at radius 3 is 1.23 bits per heavy atom. The van der Waals surface area contributed by atoms with Crippen LogP contribution < -0.4 is 38.1 Å². The number of hydrogen-bond donors (Lipinski definition) is 7.